The molecule has 0 unspecified atom stereocenters. The summed E-state index contributed by atoms with van der Waals surface area (Å²) in [5.74, 6) is 0.537. The first-order valence-corrected chi connectivity index (χ1v) is 15.0. The number of aromatic amines is 1. The molecule has 0 saturated heterocycles. The second-order valence-corrected chi connectivity index (χ2v) is 16.1. The Hall–Kier alpha value is -2.65. The van der Waals surface area contributed by atoms with Crippen molar-refractivity contribution in [1.29, 1.82) is 0 Å². The summed E-state index contributed by atoms with van der Waals surface area (Å²) in [5.41, 5.74) is 1.61. The number of anilines is 1. The summed E-state index contributed by atoms with van der Waals surface area (Å²) < 4.78 is 5.67. The molecule has 3 N–H and O–H groups in total. The number of nitrogens with one attached hydrogen (secondary N) is 2. The Kier molecular flexibility index (Phi) is 5.90. The van der Waals surface area contributed by atoms with Crippen molar-refractivity contribution in [3.05, 3.63) is 47.2 Å². The standard InChI is InChI=1S/C24H34N4O4Si/c1-23(2)19-17(14-28(23)22(31)32-18(15-29)16-10-7-6-8-11-16)20(27-26-19)25-21(30)24(12-9-13-24)33(3,4)5/h6-8,10-11,18,29H,9,12-15H2,1-5H3,(H2,25,26,27,30)/t18-/m1/s1. The van der Waals surface area contributed by atoms with E-state index in [2.05, 4.69) is 35.2 Å². The third kappa shape index (κ3) is 3.87. The summed E-state index contributed by atoms with van der Waals surface area (Å²) in [6.07, 6.45) is 1.65. The van der Waals surface area contributed by atoms with Crippen LogP contribution in [0.3, 0.4) is 0 Å². The van der Waals surface area contributed by atoms with Crippen molar-refractivity contribution in [1.82, 2.24) is 15.1 Å². The molecule has 9 heteroatoms. The SMILES string of the molecule is CC1(C)c2[nH]nc(NC(=O)C3([Si](C)(C)C)CCC3)c2CN1C(=O)O[C@H](CO)c1ccccc1. The molecule has 1 aliphatic carbocycles. The van der Waals surface area contributed by atoms with Crippen LogP contribution < -0.4 is 5.32 Å². The van der Waals surface area contributed by atoms with Gasteiger partial charge in [-0.05, 0) is 32.3 Å². The fraction of sp³-hybridized carbons (Fsp3) is 0.542. The largest absolute Gasteiger partial charge is 0.439 e. The molecule has 0 radical (unpaired) electrons. The molecule has 8 nitrogen and oxygen atoms in total. The molecule has 4 rings (SSSR count). The number of aromatic nitrogens is 2. The summed E-state index contributed by atoms with van der Waals surface area (Å²) in [7, 11) is -1.72. The van der Waals surface area contributed by atoms with Crippen LogP contribution in [0.5, 0.6) is 0 Å². The number of hydrogen-bond donors (Lipinski definition) is 3. The fourth-order valence-corrected chi connectivity index (χ4v) is 7.65. The second-order valence-electron chi connectivity index (χ2n) is 10.7. The van der Waals surface area contributed by atoms with E-state index < -0.39 is 25.8 Å². The monoisotopic (exact) mass is 470 g/mol. The number of aliphatic hydroxyl groups excluding tert-OH is 1. The number of H-pyrrole nitrogens is 1. The molecule has 2 amide bonds. The maximum Gasteiger partial charge on any atom is 0.411 e. The van der Waals surface area contributed by atoms with E-state index in [0.717, 1.165) is 36.1 Å². The van der Waals surface area contributed by atoms with Crippen LogP contribution in [-0.4, -0.2) is 46.9 Å². The van der Waals surface area contributed by atoms with Gasteiger partial charge in [0.05, 0.1) is 32.5 Å². The van der Waals surface area contributed by atoms with Crippen LogP contribution in [0.15, 0.2) is 30.3 Å². The number of carbonyl (C=O) groups excluding carboxylic acids is 2. The minimum absolute atomic E-state index is 0.0467. The molecule has 0 spiro atoms. The Balaban J connectivity index is 1.52. The third-order valence-corrected chi connectivity index (χ3v) is 11.2. The van der Waals surface area contributed by atoms with Gasteiger partial charge in [0.2, 0.25) is 5.91 Å². The maximum atomic E-state index is 13.3. The van der Waals surface area contributed by atoms with Crippen LogP contribution in [0.4, 0.5) is 10.6 Å². The molecule has 2 aliphatic rings. The van der Waals surface area contributed by atoms with Crippen molar-refractivity contribution in [2.24, 2.45) is 0 Å². The predicted octanol–water partition coefficient (Wildman–Crippen LogP) is 4.53. The number of fused-ring (bicyclic) bond motifs is 1. The maximum absolute atomic E-state index is 13.3. The molecule has 2 heterocycles. The van der Waals surface area contributed by atoms with Crippen LogP contribution >= 0.6 is 0 Å². The van der Waals surface area contributed by atoms with E-state index in [1.54, 1.807) is 4.90 Å². The number of benzene rings is 1. The van der Waals surface area contributed by atoms with E-state index in [-0.39, 0.29) is 24.1 Å². The highest BCUT2D eigenvalue weighted by Gasteiger charge is 2.54. The molecular formula is C24H34N4O4Si. The van der Waals surface area contributed by atoms with Crippen LogP contribution in [-0.2, 0) is 21.6 Å². The minimum Gasteiger partial charge on any atom is -0.439 e. The van der Waals surface area contributed by atoms with Crippen molar-refractivity contribution >= 4 is 25.9 Å². The van der Waals surface area contributed by atoms with Gasteiger partial charge in [0, 0.05) is 10.6 Å². The number of ether oxygens (including phenoxy) is 1. The summed E-state index contributed by atoms with van der Waals surface area (Å²) in [4.78, 5) is 28.0. The molecule has 1 aromatic carbocycles. The van der Waals surface area contributed by atoms with Gasteiger partial charge in [-0.25, -0.2) is 4.79 Å². The highest BCUT2D eigenvalue weighted by atomic mass is 28.3. The van der Waals surface area contributed by atoms with E-state index in [9.17, 15) is 14.7 Å². The van der Waals surface area contributed by atoms with Crippen LogP contribution in [0, 0.1) is 0 Å². The number of rotatable bonds is 6. The summed E-state index contributed by atoms with van der Waals surface area (Å²) >= 11 is 0. The van der Waals surface area contributed by atoms with Crippen LogP contribution in [0.2, 0.25) is 24.7 Å². The van der Waals surface area contributed by atoms with Crippen molar-refractivity contribution in [2.75, 3.05) is 11.9 Å². The smallest absolute Gasteiger partial charge is 0.411 e. The lowest BCUT2D eigenvalue weighted by Crippen LogP contribution is -2.52. The zero-order valence-electron chi connectivity index (χ0n) is 20.1. The minimum atomic E-state index is -1.72. The Labute approximate surface area is 195 Å². The molecule has 33 heavy (non-hydrogen) atoms. The number of carbonyl (C=O) groups is 2. The van der Waals surface area contributed by atoms with Crippen molar-refractivity contribution in [3.8, 4) is 0 Å². The van der Waals surface area contributed by atoms with Gasteiger partial charge >= 0.3 is 6.09 Å². The fourth-order valence-electron chi connectivity index (χ4n) is 5.05. The van der Waals surface area contributed by atoms with E-state index in [1.165, 1.54) is 0 Å². The molecule has 0 bridgehead atoms. The third-order valence-electron chi connectivity index (χ3n) is 7.58. The number of hydrogen-bond acceptors (Lipinski definition) is 5. The van der Waals surface area contributed by atoms with E-state index in [1.807, 2.05) is 44.2 Å². The zero-order chi connectivity index (χ0) is 24.0. The molecule has 1 saturated carbocycles. The van der Waals surface area contributed by atoms with Gasteiger partial charge in [-0.1, -0.05) is 56.4 Å². The normalized spacial score (nSPS) is 19.4. The van der Waals surface area contributed by atoms with Crippen molar-refractivity contribution < 1.29 is 19.4 Å². The zero-order valence-corrected chi connectivity index (χ0v) is 21.1. The average Bonchev–Trinajstić information content (AvgIpc) is 3.23. The summed E-state index contributed by atoms with van der Waals surface area (Å²) in [5, 5.41) is 20.0. The van der Waals surface area contributed by atoms with Crippen LogP contribution in [0.1, 0.15) is 56.0 Å². The molecule has 1 fully saturated rings. The molecule has 1 atom stereocenters. The first-order valence-electron chi connectivity index (χ1n) is 11.5. The van der Waals surface area contributed by atoms with Crippen LogP contribution in [0.25, 0.3) is 0 Å². The molecule has 178 valence electrons. The lowest BCUT2D eigenvalue weighted by atomic mass is 9.83. The Morgan fingerprint density at radius 3 is 2.45 bits per heavy atom. The van der Waals surface area contributed by atoms with Gasteiger partial charge in [-0.3, -0.25) is 14.8 Å². The molecule has 2 aromatic rings. The molecular weight excluding hydrogens is 436 g/mol. The number of amides is 2. The van der Waals surface area contributed by atoms with Crippen molar-refractivity contribution in [3.63, 3.8) is 0 Å². The quantitative estimate of drug-likeness (QED) is 0.538. The van der Waals surface area contributed by atoms with Gasteiger partial charge < -0.3 is 15.2 Å². The lowest BCUT2D eigenvalue weighted by Gasteiger charge is -2.48. The van der Waals surface area contributed by atoms with Gasteiger partial charge in [0.1, 0.15) is 0 Å². The van der Waals surface area contributed by atoms with Crippen molar-refractivity contribution in [2.45, 2.75) is 76.0 Å². The molecule has 1 aromatic heterocycles. The number of aliphatic hydroxyl groups is 1. The average molecular weight is 471 g/mol. The summed E-state index contributed by atoms with van der Waals surface area (Å²) in [6.45, 7) is 10.5. The van der Waals surface area contributed by atoms with E-state index in [4.69, 9.17) is 4.74 Å². The van der Waals surface area contributed by atoms with Gasteiger partial charge in [-0.15, -0.1) is 0 Å². The first-order chi connectivity index (χ1) is 15.5. The van der Waals surface area contributed by atoms with Gasteiger partial charge in [-0.2, -0.15) is 5.10 Å². The molecule has 1 aliphatic heterocycles. The topological polar surface area (TPSA) is 108 Å². The highest BCUT2D eigenvalue weighted by Crippen LogP contribution is 2.56. The predicted molar refractivity (Wildman–Crippen MR) is 128 cm³/mol. The Morgan fingerprint density at radius 1 is 1.24 bits per heavy atom. The first kappa shape index (κ1) is 23.5. The van der Waals surface area contributed by atoms with Gasteiger partial charge in [0.15, 0.2) is 11.9 Å². The highest BCUT2D eigenvalue weighted by molar-refractivity contribution is 6.83. The second kappa shape index (κ2) is 8.29. The Bertz CT molecular complexity index is 1040. The number of nitrogens with zero attached hydrogens (tertiary/aromatic N) is 2. The van der Waals surface area contributed by atoms with E-state index in [0.29, 0.717) is 5.82 Å². The van der Waals surface area contributed by atoms with Gasteiger partial charge in [0.25, 0.3) is 0 Å². The lowest BCUT2D eigenvalue weighted by molar-refractivity contribution is -0.121. The van der Waals surface area contributed by atoms with E-state index >= 15 is 0 Å². The summed E-state index contributed by atoms with van der Waals surface area (Å²) in [6, 6.07) is 9.18. The Morgan fingerprint density at radius 2 is 1.91 bits per heavy atom.